The van der Waals surface area contributed by atoms with Crippen LogP contribution in [0.25, 0.3) is 0 Å². The lowest BCUT2D eigenvalue weighted by atomic mass is 9.89. The zero-order valence-electron chi connectivity index (χ0n) is 10.6. The summed E-state index contributed by atoms with van der Waals surface area (Å²) in [7, 11) is 0. The Morgan fingerprint density at radius 2 is 1.94 bits per heavy atom. The molecule has 0 saturated carbocycles. The van der Waals surface area contributed by atoms with Gasteiger partial charge in [-0.1, -0.05) is 32.4 Å². The molecule has 98 valence electrons. The van der Waals surface area contributed by atoms with E-state index in [1.807, 2.05) is 20.8 Å². The smallest absolute Gasteiger partial charge is 0.335 e. The van der Waals surface area contributed by atoms with E-state index >= 15 is 0 Å². The van der Waals surface area contributed by atoms with E-state index in [2.05, 4.69) is 5.32 Å². The van der Waals surface area contributed by atoms with Crippen molar-refractivity contribution in [3.05, 3.63) is 28.8 Å². The Morgan fingerprint density at radius 3 is 2.44 bits per heavy atom. The molecule has 0 aliphatic heterocycles. The Morgan fingerprint density at radius 1 is 1.33 bits per heavy atom. The first-order chi connectivity index (χ1) is 8.26. The van der Waals surface area contributed by atoms with Crippen molar-refractivity contribution in [2.45, 2.75) is 27.2 Å². The summed E-state index contributed by atoms with van der Waals surface area (Å²) >= 11 is 5.81. The number of aromatic carboxylic acids is 1. The molecule has 5 heteroatoms. The predicted octanol–water partition coefficient (Wildman–Crippen LogP) is 3.41. The number of carboxylic acid groups (broad SMARTS) is 1. The number of carboxylic acids is 1. The standard InChI is InChI=1S/C13H16ClNO3/c1-4-13(2,3)12(18)15-10-6-8(11(16)17)5-9(14)7-10/h5-7H,4H2,1-3H3,(H,15,18)(H,16,17). The van der Waals surface area contributed by atoms with Gasteiger partial charge in [-0.05, 0) is 24.6 Å². The van der Waals surface area contributed by atoms with Crippen molar-refractivity contribution in [2.75, 3.05) is 5.32 Å². The first-order valence-electron chi connectivity index (χ1n) is 5.61. The Kier molecular flexibility index (Phi) is 4.35. The third kappa shape index (κ3) is 3.47. The Balaban J connectivity index is 2.98. The van der Waals surface area contributed by atoms with Crippen molar-refractivity contribution < 1.29 is 14.7 Å². The highest BCUT2D eigenvalue weighted by Gasteiger charge is 2.25. The molecule has 0 aromatic heterocycles. The van der Waals surface area contributed by atoms with E-state index in [0.717, 1.165) is 0 Å². The molecule has 0 spiro atoms. The monoisotopic (exact) mass is 269 g/mol. The predicted molar refractivity (Wildman–Crippen MR) is 71.1 cm³/mol. The topological polar surface area (TPSA) is 66.4 Å². The number of benzene rings is 1. The quantitative estimate of drug-likeness (QED) is 0.880. The van der Waals surface area contributed by atoms with Crippen LogP contribution in [0.1, 0.15) is 37.6 Å². The van der Waals surface area contributed by atoms with Gasteiger partial charge in [0.1, 0.15) is 0 Å². The molecular weight excluding hydrogens is 254 g/mol. The normalized spacial score (nSPS) is 11.1. The van der Waals surface area contributed by atoms with Crippen molar-refractivity contribution in [1.82, 2.24) is 0 Å². The summed E-state index contributed by atoms with van der Waals surface area (Å²) < 4.78 is 0. The van der Waals surface area contributed by atoms with Crippen LogP contribution in [0.3, 0.4) is 0 Å². The fraction of sp³-hybridized carbons (Fsp3) is 0.385. The van der Waals surface area contributed by atoms with Gasteiger partial charge in [0.2, 0.25) is 5.91 Å². The number of carbonyl (C=O) groups is 2. The van der Waals surface area contributed by atoms with Gasteiger partial charge in [0.25, 0.3) is 0 Å². The van der Waals surface area contributed by atoms with Crippen LogP contribution in [0.15, 0.2) is 18.2 Å². The van der Waals surface area contributed by atoms with E-state index in [9.17, 15) is 9.59 Å². The van der Waals surface area contributed by atoms with Crippen LogP contribution < -0.4 is 5.32 Å². The maximum atomic E-state index is 12.0. The highest BCUT2D eigenvalue weighted by molar-refractivity contribution is 6.31. The second-order valence-corrected chi connectivity index (χ2v) is 5.16. The third-order valence-corrected chi connectivity index (χ3v) is 3.12. The second kappa shape index (κ2) is 5.40. The molecule has 4 nitrogen and oxygen atoms in total. The highest BCUT2D eigenvalue weighted by Crippen LogP contribution is 2.24. The molecule has 0 radical (unpaired) electrons. The number of carbonyl (C=O) groups excluding carboxylic acids is 1. The van der Waals surface area contributed by atoms with E-state index in [-0.39, 0.29) is 16.5 Å². The summed E-state index contributed by atoms with van der Waals surface area (Å²) in [4.78, 5) is 22.8. The van der Waals surface area contributed by atoms with Crippen molar-refractivity contribution in [1.29, 1.82) is 0 Å². The number of nitrogens with one attached hydrogen (secondary N) is 1. The van der Waals surface area contributed by atoms with Gasteiger partial charge in [-0.25, -0.2) is 4.79 Å². The molecular formula is C13H16ClNO3. The van der Waals surface area contributed by atoms with E-state index in [1.54, 1.807) is 0 Å². The minimum atomic E-state index is -1.08. The second-order valence-electron chi connectivity index (χ2n) is 4.73. The van der Waals surface area contributed by atoms with Crippen molar-refractivity contribution in [3.63, 3.8) is 0 Å². The number of anilines is 1. The minimum Gasteiger partial charge on any atom is -0.478 e. The van der Waals surface area contributed by atoms with Gasteiger partial charge in [0.05, 0.1) is 5.56 Å². The molecule has 0 unspecified atom stereocenters. The van der Waals surface area contributed by atoms with E-state index in [4.69, 9.17) is 16.7 Å². The Labute approximate surface area is 111 Å². The molecule has 18 heavy (non-hydrogen) atoms. The van der Waals surface area contributed by atoms with Crippen LogP contribution in [-0.4, -0.2) is 17.0 Å². The molecule has 0 aliphatic carbocycles. The van der Waals surface area contributed by atoms with Gasteiger partial charge in [0.15, 0.2) is 0 Å². The van der Waals surface area contributed by atoms with Crippen molar-refractivity contribution in [3.8, 4) is 0 Å². The van der Waals surface area contributed by atoms with Crippen molar-refractivity contribution >= 4 is 29.2 Å². The van der Waals surface area contributed by atoms with Crippen LogP contribution in [-0.2, 0) is 4.79 Å². The van der Waals surface area contributed by atoms with Gasteiger partial charge in [-0.3, -0.25) is 4.79 Å². The number of halogens is 1. The summed E-state index contributed by atoms with van der Waals surface area (Å²) in [5.41, 5.74) is -0.0651. The molecule has 0 fully saturated rings. The van der Waals surface area contributed by atoms with E-state index in [1.165, 1.54) is 18.2 Å². The molecule has 1 aromatic rings. The van der Waals surface area contributed by atoms with Crippen LogP contribution in [0, 0.1) is 5.41 Å². The molecule has 0 atom stereocenters. The van der Waals surface area contributed by atoms with E-state index in [0.29, 0.717) is 12.1 Å². The first-order valence-corrected chi connectivity index (χ1v) is 5.99. The van der Waals surface area contributed by atoms with Gasteiger partial charge in [-0.2, -0.15) is 0 Å². The minimum absolute atomic E-state index is 0.0482. The summed E-state index contributed by atoms with van der Waals surface area (Å²) in [6.45, 7) is 5.57. The summed E-state index contributed by atoms with van der Waals surface area (Å²) in [6.07, 6.45) is 0.686. The van der Waals surface area contributed by atoms with Crippen LogP contribution in [0.5, 0.6) is 0 Å². The van der Waals surface area contributed by atoms with Gasteiger partial charge in [-0.15, -0.1) is 0 Å². The lowest BCUT2D eigenvalue weighted by Gasteiger charge is -2.21. The molecule has 0 aliphatic rings. The fourth-order valence-electron chi connectivity index (χ4n) is 1.25. The van der Waals surface area contributed by atoms with Gasteiger partial charge >= 0.3 is 5.97 Å². The highest BCUT2D eigenvalue weighted by atomic mass is 35.5. The number of amides is 1. The zero-order valence-corrected chi connectivity index (χ0v) is 11.3. The molecule has 1 aromatic carbocycles. The van der Waals surface area contributed by atoms with Gasteiger partial charge < -0.3 is 10.4 Å². The number of hydrogen-bond acceptors (Lipinski definition) is 2. The third-order valence-electron chi connectivity index (χ3n) is 2.90. The summed E-state index contributed by atoms with van der Waals surface area (Å²) in [6, 6.07) is 4.25. The lowest BCUT2D eigenvalue weighted by molar-refractivity contribution is -0.124. The van der Waals surface area contributed by atoms with Crippen molar-refractivity contribution in [2.24, 2.45) is 5.41 Å². The average molecular weight is 270 g/mol. The van der Waals surface area contributed by atoms with Crippen LogP contribution >= 0.6 is 11.6 Å². The molecule has 0 heterocycles. The number of rotatable bonds is 4. The first kappa shape index (κ1) is 14.5. The zero-order chi connectivity index (χ0) is 13.9. The fourth-order valence-corrected chi connectivity index (χ4v) is 1.48. The molecule has 0 bridgehead atoms. The lowest BCUT2D eigenvalue weighted by Crippen LogP contribution is -2.30. The average Bonchev–Trinajstić information content (AvgIpc) is 2.28. The van der Waals surface area contributed by atoms with Crippen LogP contribution in [0.4, 0.5) is 5.69 Å². The Hall–Kier alpha value is -1.55. The molecule has 1 amide bonds. The SMILES string of the molecule is CCC(C)(C)C(=O)Nc1cc(Cl)cc(C(=O)O)c1. The molecule has 2 N–H and O–H groups in total. The number of hydrogen-bond donors (Lipinski definition) is 2. The van der Waals surface area contributed by atoms with E-state index < -0.39 is 11.4 Å². The summed E-state index contributed by atoms with van der Waals surface area (Å²) in [5.74, 6) is -1.24. The largest absolute Gasteiger partial charge is 0.478 e. The van der Waals surface area contributed by atoms with Gasteiger partial charge in [0, 0.05) is 16.1 Å². The molecule has 0 saturated heterocycles. The molecule has 1 rings (SSSR count). The maximum Gasteiger partial charge on any atom is 0.335 e. The Bertz CT molecular complexity index is 483. The maximum absolute atomic E-state index is 12.0. The summed E-state index contributed by atoms with van der Waals surface area (Å²) in [5, 5.41) is 11.9. The van der Waals surface area contributed by atoms with Crippen LogP contribution in [0.2, 0.25) is 5.02 Å².